The molecule has 0 bridgehead atoms. The SMILES string of the molecule is CCOC1=C(CC)C(C)(CC)C=CC=C1. The molecule has 0 aromatic carbocycles. The summed E-state index contributed by atoms with van der Waals surface area (Å²) in [5.74, 6) is 1.06. The van der Waals surface area contributed by atoms with Gasteiger partial charge in [-0.3, -0.25) is 0 Å². The first-order valence-corrected chi connectivity index (χ1v) is 5.90. The van der Waals surface area contributed by atoms with Gasteiger partial charge in [-0.1, -0.05) is 39.0 Å². The van der Waals surface area contributed by atoms with Crippen LogP contribution >= 0.6 is 0 Å². The molecule has 1 unspecified atom stereocenters. The van der Waals surface area contributed by atoms with Crippen molar-refractivity contribution in [1.82, 2.24) is 0 Å². The average molecular weight is 206 g/mol. The Balaban J connectivity index is 3.14. The van der Waals surface area contributed by atoms with Crippen LogP contribution in [0, 0.1) is 5.41 Å². The number of ether oxygens (including phenoxy) is 1. The van der Waals surface area contributed by atoms with Gasteiger partial charge in [0.05, 0.1) is 6.61 Å². The van der Waals surface area contributed by atoms with Crippen LogP contribution in [0.3, 0.4) is 0 Å². The predicted octanol–water partition coefficient (Wildman–Crippen LogP) is 4.23. The van der Waals surface area contributed by atoms with Gasteiger partial charge in [-0.25, -0.2) is 0 Å². The summed E-state index contributed by atoms with van der Waals surface area (Å²) >= 11 is 0. The van der Waals surface area contributed by atoms with Crippen molar-refractivity contribution in [3.63, 3.8) is 0 Å². The lowest BCUT2D eigenvalue weighted by Crippen LogP contribution is -2.17. The summed E-state index contributed by atoms with van der Waals surface area (Å²) in [4.78, 5) is 0. The lowest BCUT2D eigenvalue weighted by Gasteiger charge is -2.28. The second kappa shape index (κ2) is 5.20. The van der Waals surface area contributed by atoms with E-state index in [1.54, 1.807) is 0 Å². The van der Waals surface area contributed by atoms with Crippen molar-refractivity contribution in [3.05, 3.63) is 35.6 Å². The standard InChI is InChI=1S/C14H22O/c1-5-12-13(15-7-3)10-8-9-11-14(12,4)6-2/h8-11H,5-7H2,1-4H3. The topological polar surface area (TPSA) is 9.23 Å². The third-order valence-electron chi connectivity index (χ3n) is 3.20. The predicted molar refractivity (Wildman–Crippen MR) is 65.6 cm³/mol. The van der Waals surface area contributed by atoms with Gasteiger partial charge in [0.1, 0.15) is 5.76 Å². The molecule has 0 N–H and O–H groups in total. The molecule has 0 aliphatic heterocycles. The summed E-state index contributed by atoms with van der Waals surface area (Å²) in [5.41, 5.74) is 1.57. The molecule has 1 nitrogen and oxygen atoms in total. The van der Waals surface area contributed by atoms with E-state index in [4.69, 9.17) is 4.74 Å². The maximum atomic E-state index is 5.72. The quantitative estimate of drug-likeness (QED) is 0.669. The summed E-state index contributed by atoms with van der Waals surface area (Å²) in [5, 5.41) is 0. The Morgan fingerprint density at radius 3 is 2.47 bits per heavy atom. The van der Waals surface area contributed by atoms with Crippen molar-refractivity contribution >= 4 is 0 Å². The zero-order valence-corrected chi connectivity index (χ0v) is 10.3. The van der Waals surface area contributed by atoms with Crippen LogP contribution in [0.15, 0.2) is 35.6 Å². The van der Waals surface area contributed by atoms with E-state index in [1.165, 1.54) is 5.57 Å². The summed E-state index contributed by atoms with van der Waals surface area (Å²) in [6.07, 6.45) is 10.7. The highest BCUT2D eigenvalue weighted by Gasteiger charge is 2.26. The molecule has 1 aliphatic rings. The van der Waals surface area contributed by atoms with E-state index < -0.39 is 0 Å². The summed E-state index contributed by atoms with van der Waals surface area (Å²) in [7, 11) is 0. The van der Waals surface area contributed by atoms with Gasteiger partial charge in [0.15, 0.2) is 0 Å². The lowest BCUT2D eigenvalue weighted by atomic mass is 9.78. The van der Waals surface area contributed by atoms with E-state index in [2.05, 4.69) is 45.1 Å². The molecule has 0 saturated carbocycles. The Bertz CT molecular complexity index is 296. The largest absolute Gasteiger partial charge is 0.494 e. The first kappa shape index (κ1) is 12.1. The molecule has 0 saturated heterocycles. The van der Waals surface area contributed by atoms with Crippen molar-refractivity contribution < 1.29 is 4.74 Å². The van der Waals surface area contributed by atoms with E-state index >= 15 is 0 Å². The molecule has 1 heteroatoms. The molecule has 1 aliphatic carbocycles. The minimum Gasteiger partial charge on any atom is -0.494 e. The first-order chi connectivity index (χ1) is 7.18. The van der Waals surface area contributed by atoms with E-state index in [9.17, 15) is 0 Å². The van der Waals surface area contributed by atoms with Crippen molar-refractivity contribution in [2.75, 3.05) is 6.61 Å². The molecular weight excluding hydrogens is 184 g/mol. The van der Waals surface area contributed by atoms with Crippen LogP contribution in [0.2, 0.25) is 0 Å². The second-order valence-corrected chi connectivity index (χ2v) is 4.12. The fourth-order valence-corrected chi connectivity index (χ4v) is 2.09. The molecule has 1 rings (SSSR count). The average Bonchev–Trinajstić information content (AvgIpc) is 2.39. The lowest BCUT2D eigenvalue weighted by molar-refractivity contribution is 0.230. The van der Waals surface area contributed by atoms with E-state index in [0.717, 1.165) is 25.2 Å². The zero-order chi connectivity index (χ0) is 11.3. The number of hydrogen-bond acceptors (Lipinski definition) is 1. The summed E-state index contributed by atoms with van der Waals surface area (Å²) in [6.45, 7) is 9.50. The normalized spacial score (nSPS) is 25.6. The Kier molecular flexibility index (Phi) is 4.19. The molecular formula is C14H22O. The van der Waals surface area contributed by atoms with Gasteiger partial charge in [-0.2, -0.15) is 0 Å². The fraction of sp³-hybridized carbons (Fsp3) is 0.571. The number of rotatable bonds is 4. The van der Waals surface area contributed by atoms with Crippen molar-refractivity contribution in [3.8, 4) is 0 Å². The van der Waals surface area contributed by atoms with Crippen LogP contribution in [-0.4, -0.2) is 6.61 Å². The molecule has 15 heavy (non-hydrogen) atoms. The summed E-state index contributed by atoms with van der Waals surface area (Å²) in [6, 6.07) is 0. The third-order valence-corrected chi connectivity index (χ3v) is 3.20. The molecule has 0 radical (unpaired) electrons. The van der Waals surface area contributed by atoms with Crippen molar-refractivity contribution in [2.24, 2.45) is 5.41 Å². The van der Waals surface area contributed by atoms with E-state index in [-0.39, 0.29) is 5.41 Å². The van der Waals surface area contributed by atoms with Gasteiger partial charge >= 0.3 is 0 Å². The highest BCUT2D eigenvalue weighted by atomic mass is 16.5. The van der Waals surface area contributed by atoms with Gasteiger partial charge in [0.25, 0.3) is 0 Å². The smallest absolute Gasteiger partial charge is 0.119 e. The summed E-state index contributed by atoms with van der Waals surface area (Å²) < 4.78 is 5.72. The van der Waals surface area contributed by atoms with Crippen LogP contribution in [0.1, 0.15) is 40.5 Å². The van der Waals surface area contributed by atoms with Crippen LogP contribution < -0.4 is 0 Å². The molecule has 0 spiro atoms. The van der Waals surface area contributed by atoms with Gasteiger partial charge in [-0.15, -0.1) is 0 Å². The number of hydrogen-bond donors (Lipinski definition) is 0. The molecule has 84 valence electrons. The van der Waals surface area contributed by atoms with Crippen LogP contribution in [0.5, 0.6) is 0 Å². The fourth-order valence-electron chi connectivity index (χ4n) is 2.09. The van der Waals surface area contributed by atoms with Gasteiger partial charge in [0, 0.05) is 5.41 Å². The van der Waals surface area contributed by atoms with Gasteiger partial charge in [-0.05, 0) is 31.4 Å². The Labute approximate surface area is 93.5 Å². The second-order valence-electron chi connectivity index (χ2n) is 4.12. The Morgan fingerprint density at radius 2 is 1.93 bits per heavy atom. The maximum absolute atomic E-state index is 5.72. The number of allylic oxidation sites excluding steroid dienone is 5. The van der Waals surface area contributed by atoms with Crippen LogP contribution in [0.25, 0.3) is 0 Å². The molecule has 1 atom stereocenters. The Hall–Kier alpha value is -0.980. The van der Waals surface area contributed by atoms with Crippen LogP contribution in [0.4, 0.5) is 0 Å². The molecule has 0 aromatic heterocycles. The van der Waals surface area contributed by atoms with E-state index in [0.29, 0.717) is 0 Å². The van der Waals surface area contributed by atoms with Crippen molar-refractivity contribution in [1.29, 1.82) is 0 Å². The molecule has 0 amide bonds. The first-order valence-electron chi connectivity index (χ1n) is 5.90. The minimum atomic E-state index is 0.156. The van der Waals surface area contributed by atoms with Gasteiger partial charge in [0.2, 0.25) is 0 Å². The van der Waals surface area contributed by atoms with E-state index in [1.807, 2.05) is 6.92 Å². The van der Waals surface area contributed by atoms with Gasteiger partial charge < -0.3 is 4.74 Å². The minimum absolute atomic E-state index is 0.156. The Morgan fingerprint density at radius 1 is 1.20 bits per heavy atom. The molecule has 0 fully saturated rings. The highest BCUT2D eigenvalue weighted by molar-refractivity contribution is 5.35. The molecule has 0 aromatic rings. The highest BCUT2D eigenvalue weighted by Crippen LogP contribution is 2.38. The monoisotopic (exact) mass is 206 g/mol. The van der Waals surface area contributed by atoms with Crippen LogP contribution in [-0.2, 0) is 4.74 Å². The third kappa shape index (κ3) is 2.53. The maximum Gasteiger partial charge on any atom is 0.119 e. The molecule has 0 heterocycles. The van der Waals surface area contributed by atoms with Crippen molar-refractivity contribution in [2.45, 2.75) is 40.5 Å². The zero-order valence-electron chi connectivity index (χ0n) is 10.3.